The smallest absolute Gasteiger partial charge is 0.294 e. The number of thioether (sulfide) groups is 1. The van der Waals surface area contributed by atoms with Crippen LogP contribution in [0.1, 0.15) is 24.8 Å². The predicted octanol–water partition coefficient (Wildman–Crippen LogP) is 3.09. The number of halogens is 1. The molecular formula is C17H17ClN2O4S. The summed E-state index contributed by atoms with van der Waals surface area (Å²) in [5.41, 5.74) is 0.593. The molecule has 0 bridgehead atoms. The SMILES string of the molecule is O=C(CN1C(=O)S/C(=C\c2ccc(O)c(Cl)c2)C1=O)N1CCCCC1. The van der Waals surface area contributed by atoms with Crippen molar-refractivity contribution in [3.63, 3.8) is 0 Å². The second-order valence-electron chi connectivity index (χ2n) is 5.92. The number of nitrogens with zero attached hydrogens (tertiary/aromatic N) is 2. The van der Waals surface area contributed by atoms with Gasteiger partial charge in [0.05, 0.1) is 9.93 Å². The first-order valence-corrected chi connectivity index (χ1v) is 9.17. The lowest BCUT2D eigenvalue weighted by Gasteiger charge is -2.27. The third-order valence-electron chi connectivity index (χ3n) is 4.15. The van der Waals surface area contributed by atoms with Crippen LogP contribution in [-0.4, -0.2) is 51.6 Å². The van der Waals surface area contributed by atoms with Crippen LogP contribution in [0.2, 0.25) is 5.02 Å². The maximum atomic E-state index is 12.5. The summed E-state index contributed by atoms with van der Waals surface area (Å²) in [6.45, 7) is 1.13. The van der Waals surface area contributed by atoms with Crippen molar-refractivity contribution in [2.24, 2.45) is 0 Å². The third kappa shape index (κ3) is 3.99. The van der Waals surface area contributed by atoms with E-state index < -0.39 is 11.1 Å². The van der Waals surface area contributed by atoms with E-state index >= 15 is 0 Å². The van der Waals surface area contributed by atoms with Gasteiger partial charge in [-0.1, -0.05) is 17.7 Å². The largest absolute Gasteiger partial charge is 0.506 e. The average molecular weight is 381 g/mol. The van der Waals surface area contributed by atoms with Gasteiger partial charge < -0.3 is 10.0 Å². The molecule has 2 heterocycles. The molecule has 25 heavy (non-hydrogen) atoms. The van der Waals surface area contributed by atoms with E-state index in [1.807, 2.05) is 0 Å². The highest BCUT2D eigenvalue weighted by Gasteiger charge is 2.37. The number of carbonyl (C=O) groups is 3. The van der Waals surface area contributed by atoms with Gasteiger partial charge in [0.15, 0.2) is 0 Å². The Morgan fingerprint density at radius 2 is 1.96 bits per heavy atom. The van der Waals surface area contributed by atoms with Crippen LogP contribution in [-0.2, 0) is 9.59 Å². The van der Waals surface area contributed by atoms with Gasteiger partial charge in [0.25, 0.3) is 11.1 Å². The summed E-state index contributed by atoms with van der Waals surface area (Å²) in [4.78, 5) is 39.8. The molecule has 0 radical (unpaired) electrons. The predicted molar refractivity (Wildman–Crippen MR) is 96.2 cm³/mol. The summed E-state index contributed by atoms with van der Waals surface area (Å²) in [5.74, 6) is -0.737. The van der Waals surface area contributed by atoms with E-state index in [1.165, 1.54) is 18.2 Å². The number of piperidine rings is 1. The highest BCUT2D eigenvalue weighted by molar-refractivity contribution is 8.18. The molecule has 8 heteroatoms. The molecule has 3 amide bonds. The van der Waals surface area contributed by atoms with Crippen molar-refractivity contribution < 1.29 is 19.5 Å². The van der Waals surface area contributed by atoms with Crippen LogP contribution < -0.4 is 0 Å². The molecule has 1 aromatic rings. The van der Waals surface area contributed by atoms with Crippen LogP contribution in [0.25, 0.3) is 6.08 Å². The molecule has 0 spiro atoms. The minimum Gasteiger partial charge on any atom is -0.506 e. The summed E-state index contributed by atoms with van der Waals surface area (Å²) in [5, 5.41) is 9.14. The van der Waals surface area contributed by atoms with Crippen LogP contribution in [0.15, 0.2) is 23.1 Å². The molecule has 1 N–H and O–H groups in total. The maximum Gasteiger partial charge on any atom is 0.294 e. The lowest BCUT2D eigenvalue weighted by molar-refractivity contribution is -0.136. The molecular weight excluding hydrogens is 364 g/mol. The van der Waals surface area contributed by atoms with Crippen molar-refractivity contribution in [3.8, 4) is 5.75 Å². The average Bonchev–Trinajstić information content (AvgIpc) is 2.86. The van der Waals surface area contributed by atoms with Gasteiger partial charge >= 0.3 is 0 Å². The number of carbonyl (C=O) groups excluding carboxylic acids is 3. The Kier molecular flexibility index (Phi) is 5.34. The van der Waals surface area contributed by atoms with Crippen molar-refractivity contribution in [1.82, 2.24) is 9.80 Å². The van der Waals surface area contributed by atoms with Gasteiger partial charge in [0.1, 0.15) is 12.3 Å². The monoisotopic (exact) mass is 380 g/mol. The maximum absolute atomic E-state index is 12.5. The van der Waals surface area contributed by atoms with Crippen LogP contribution >= 0.6 is 23.4 Å². The van der Waals surface area contributed by atoms with Crippen molar-refractivity contribution in [2.75, 3.05) is 19.6 Å². The van der Waals surface area contributed by atoms with Crippen molar-refractivity contribution in [3.05, 3.63) is 33.7 Å². The Labute approximate surface area is 154 Å². The first-order chi connectivity index (χ1) is 12.0. The molecule has 2 fully saturated rings. The quantitative estimate of drug-likeness (QED) is 0.815. The Bertz CT molecular complexity index is 759. The fourth-order valence-electron chi connectivity index (χ4n) is 2.78. The van der Waals surface area contributed by atoms with Crippen LogP contribution in [0.5, 0.6) is 5.75 Å². The summed E-state index contributed by atoms with van der Waals surface area (Å²) in [6, 6.07) is 4.51. The highest BCUT2D eigenvalue weighted by Crippen LogP contribution is 2.33. The van der Waals surface area contributed by atoms with Crippen molar-refractivity contribution in [1.29, 1.82) is 0 Å². The number of aromatic hydroxyl groups is 1. The van der Waals surface area contributed by atoms with Gasteiger partial charge in [-0.3, -0.25) is 19.3 Å². The van der Waals surface area contributed by atoms with E-state index in [4.69, 9.17) is 11.6 Å². The summed E-state index contributed by atoms with van der Waals surface area (Å²) >= 11 is 6.65. The standard InChI is InChI=1S/C17H17ClN2O4S/c18-12-8-11(4-5-13(12)21)9-14-16(23)20(17(24)25-14)10-15(22)19-6-2-1-3-7-19/h4-5,8-9,21H,1-3,6-7,10H2/b14-9-. The van der Waals surface area contributed by atoms with E-state index in [1.54, 1.807) is 11.0 Å². The number of amides is 3. The highest BCUT2D eigenvalue weighted by atomic mass is 35.5. The molecule has 6 nitrogen and oxygen atoms in total. The van der Waals surface area contributed by atoms with E-state index in [-0.39, 0.29) is 28.1 Å². The molecule has 132 valence electrons. The zero-order valence-electron chi connectivity index (χ0n) is 13.4. The Morgan fingerprint density at radius 3 is 2.64 bits per heavy atom. The molecule has 3 rings (SSSR count). The molecule has 0 aromatic heterocycles. The van der Waals surface area contributed by atoms with E-state index in [0.717, 1.165) is 35.9 Å². The Hall–Kier alpha value is -1.99. The normalized spacial score (nSPS) is 19.8. The van der Waals surface area contributed by atoms with Gasteiger partial charge in [0, 0.05) is 13.1 Å². The third-order valence-corrected chi connectivity index (χ3v) is 5.36. The topological polar surface area (TPSA) is 77.9 Å². The first-order valence-electron chi connectivity index (χ1n) is 7.97. The molecule has 0 atom stereocenters. The minimum absolute atomic E-state index is 0.0564. The van der Waals surface area contributed by atoms with Crippen LogP contribution in [0.3, 0.4) is 0 Å². The number of likely N-dealkylation sites (tertiary alicyclic amines) is 1. The molecule has 0 saturated carbocycles. The second-order valence-corrected chi connectivity index (χ2v) is 7.32. The summed E-state index contributed by atoms with van der Waals surface area (Å²) in [6.07, 6.45) is 4.54. The zero-order valence-corrected chi connectivity index (χ0v) is 15.0. The number of hydrogen-bond acceptors (Lipinski definition) is 5. The minimum atomic E-state index is -0.482. The fraction of sp³-hybridized carbons (Fsp3) is 0.353. The molecule has 2 aliphatic rings. The zero-order chi connectivity index (χ0) is 18.0. The first kappa shape index (κ1) is 17.8. The second kappa shape index (κ2) is 7.49. The van der Waals surface area contributed by atoms with Crippen LogP contribution in [0, 0.1) is 0 Å². The van der Waals surface area contributed by atoms with Gasteiger partial charge in [0.2, 0.25) is 5.91 Å². The molecule has 1 aromatic carbocycles. The number of rotatable bonds is 3. The number of benzene rings is 1. The summed E-state index contributed by atoms with van der Waals surface area (Å²) < 4.78 is 0. The number of phenols is 1. The lowest BCUT2D eigenvalue weighted by Crippen LogP contribution is -2.44. The Balaban J connectivity index is 1.72. The number of hydrogen-bond donors (Lipinski definition) is 1. The van der Waals surface area contributed by atoms with Crippen molar-refractivity contribution in [2.45, 2.75) is 19.3 Å². The van der Waals surface area contributed by atoms with E-state index in [0.29, 0.717) is 18.7 Å². The fourth-order valence-corrected chi connectivity index (χ4v) is 3.81. The number of imide groups is 1. The molecule has 0 unspecified atom stereocenters. The molecule has 2 saturated heterocycles. The molecule has 0 aliphatic carbocycles. The van der Waals surface area contributed by atoms with Crippen LogP contribution in [0.4, 0.5) is 4.79 Å². The Morgan fingerprint density at radius 1 is 1.24 bits per heavy atom. The van der Waals surface area contributed by atoms with E-state index in [2.05, 4.69) is 0 Å². The summed E-state index contributed by atoms with van der Waals surface area (Å²) in [7, 11) is 0. The van der Waals surface area contributed by atoms with E-state index in [9.17, 15) is 19.5 Å². The van der Waals surface area contributed by atoms with Gasteiger partial charge in [-0.25, -0.2) is 0 Å². The van der Waals surface area contributed by atoms with Crippen molar-refractivity contribution >= 4 is 46.5 Å². The number of phenolic OH excluding ortho intramolecular Hbond substituents is 1. The lowest BCUT2D eigenvalue weighted by atomic mass is 10.1. The van der Waals surface area contributed by atoms with Gasteiger partial charge in [-0.2, -0.15) is 0 Å². The molecule has 2 aliphatic heterocycles. The van der Waals surface area contributed by atoms with Gasteiger partial charge in [-0.15, -0.1) is 0 Å². The van der Waals surface area contributed by atoms with Gasteiger partial charge in [-0.05, 0) is 54.8 Å².